The summed E-state index contributed by atoms with van der Waals surface area (Å²) in [5, 5.41) is 0. The van der Waals surface area contributed by atoms with Gasteiger partial charge in [0.25, 0.3) is 0 Å². The molecule has 4 aromatic carbocycles. The lowest BCUT2D eigenvalue weighted by Gasteiger charge is -2.05. The van der Waals surface area contributed by atoms with Gasteiger partial charge in [-0.05, 0) is 28.3 Å². The van der Waals surface area contributed by atoms with E-state index in [0.717, 1.165) is 5.46 Å². The maximum atomic E-state index is 5.36. The molecule has 0 aliphatic rings. The average molecular weight is 318 g/mol. The largest absolute Gasteiger partial charge is 0.113 e. The zero-order valence-electron chi connectivity index (χ0n) is 14.0. The van der Waals surface area contributed by atoms with Gasteiger partial charge in [0.15, 0.2) is 0 Å². The SMILES string of the molecule is [B]c1ccccc1.c1ccc(-c2cccc(-c3ccccc3)c2)cc1. The molecule has 0 N–H and O–H groups in total. The van der Waals surface area contributed by atoms with E-state index in [1.54, 1.807) is 0 Å². The van der Waals surface area contributed by atoms with Gasteiger partial charge in [-0.3, -0.25) is 0 Å². The minimum atomic E-state index is 0.822. The molecule has 0 aromatic heterocycles. The molecular formula is C24H19B. The minimum Gasteiger partial charge on any atom is -0.0967 e. The van der Waals surface area contributed by atoms with Gasteiger partial charge in [-0.1, -0.05) is 115 Å². The maximum Gasteiger partial charge on any atom is 0.113 e. The summed E-state index contributed by atoms with van der Waals surface area (Å²) in [5.74, 6) is 0. The molecule has 0 nitrogen and oxygen atoms in total. The summed E-state index contributed by atoms with van der Waals surface area (Å²) >= 11 is 0. The third-order valence-electron chi connectivity index (χ3n) is 3.88. The van der Waals surface area contributed by atoms with Crippen molar-refractivity contribution in [3.8, 4) is 22.3 Å². The van der Waals surface area contributed by atoms with Gasteiger partial charge in [-0.2, -0.15) is 0 Å². The highest BCUT2D eigenvalue weighted by atomic mass is 14.0. The molecule has 2 radical (unpaired) electrons. The van der Waals surface area contributed by atoms with Crippen LogP contribution in [0.1, 0.15) is 0 Å². The highest BCUT2D eigenvalue weighted by Gasteiger charge is 2.00. The molecule has 0 saturated carbocycles. The van der Waals surface area contributed by atoms with E-state index >= 15 is 0 Å². The van der Waals surface area contributed by atoms with E-state index in [0.29, 0.717) is 0 Å². The summed E-state index contributed by atoms with van der Waals surface area (Å²) < 4.78 is 0. The third-order valence-corrected chi connectivity index (χ3v) is 3.88. The van der Waals surface area contributed by atoms with Crippen LogP contribution in [0.5, 0.6) is 0 Å². The van der Waals surface area contributed by atoms with E-state index in [1.807, 2.05) is 42.5 Å². The van der Waals surface area contributed by atoms with E-state index in [9.17, 15) is 0 Å². The van der Waals surface area contributed by atoms with Crippen LogP contribution in [-0.4, -0.2) is 7.85 Å². The number of hydrogen-bond donors (Lipinski definition) is 0. The zero-order valence-corrected chi connectivity index (χ0v) is 14.0. The van der Waals surface area contributed by atoms with Crippen LogP contribution in [0.4, 0.5) is 0 Å². The summed E-state index contributed by atoms with van der Waals surface area (Å²) in [6.45, 7) is 0. The highest BCUT2D eigenvalue weighted by Crippen LogP contribution is 2.25. The first-order valence-electron chi connectivity index (χ1n) is 8.34. The number of hydrogen-bond acceptors (Lipinski definition) is 0. The van der Waals surface area contributed by atoms with Gasteiger partial charge in [0, 0.05) is 0 Å². The average Bonchev–Trinajstić information content (AvgIpc) is 2.71. The van der Waals surface area contributed by atoms with Crippen LogP contribution in [0.15, 0.2) is 115 Å². The van der Waals surface area contributed by atoms with E-state index < -0.39 is 0 Å². The molecule has 0 spiro atoms. The molecule has 4 rings (SSSR count). The standard InChI is InChI=1S/C18H14.C6H5B/c1-3-8-15(9-4-1)17-12-7-13-18(14-17)16-10-5-2-6-11-16;7-6-4-2-1-3-5-6/h1-14H;1-5H. The van der Waals surface area contributed by atoms with Crippen molar-refractivity contribution in [1.29, 1.82) is 0 Å². The first-order valence-corrected chi connectivity index (χ1v) is 8.34. The molecule has 0 saturated heterocycles. The summed E-state index contributed by atoms with van der Waals surface area (Å²) in [6, 6.07) is 39.1. The van der Waals surface area contributed by atoms with Crippen LogP contribution < -0.4 is 5.46 Å². The fourth-order valence-corrected chi connectivity index (χ4v) is 2.59. The van der Waals surface area contributed by atoms with Gasteiger partial charge in [-0.25, -0.2) is 0 Å². The lowest BCUT2D eigenvalue weighted by Crippen LogP contribution is -1.97. The quantitative estimate of drug-likeness (QED) is 0.428. The molecule has 0 aliphatic carbocycles. The third kappa shape index (κ3) is 4.96. The second-order valence-electron chi connectivity index (χ2n) is 5.72. The Hall–Kier alpha value is -3.06. The first-order chi connectivity index (χ1) is 12.3. The summed E-state index contributed by atoms with van der Waals surface area (Å²) in [6.07, 6.45) is 0. The van der Waals surface area contributed by atoms with Crippen molar-refractivity contribution in [3.63, 3.8) is 0 Å². The maximum absolute atomic E-state index is 5.36. The normalized spacial score (nSPS) is 9.76. The fourth-order valence-electron chi connectivity index (χ4n) is 2.59. The predicted molar refractivity (Wildman–Crippen MR) is 109 cm³/mol. The van der Waals surface area contributed by atoms with Crippen molar-refractivity contribution < 1.29 is 0 Å². The Morgan fingerprint density at radius 1 is 0.360 bits per heavy atom. The Morgan fingerprint density at radius 2 is 0.720 bits per heavy atom. The second kappa shape index (κ2) is 8.70. The van der Waals surface area contributed by atoms with Crippen molar-refractivity contribution in [2.24, 2.45) is 0 Å². The van der Waals surface area contributed by atoms with Crippen molar-refractivity contribution >= 4 is 13.3 Å². The first kappa shape index (κ1) is 16.8. The molecular weight excluding hydrogens is 299 g/mol. The smallest absolute Gasteiger partial charge is 0.0967 e. The lowest BCUT2D eigenvalue weighted by atomic mass is 9.97. The van der Waals surface area contributed by atoms with Gasteiger partial charge in [0.05, 0.1) is 0 Å². The Bertz CT molecular complexity index is 830. The van der Waals surface area contributed by atoms with Gasteiger partial charge in [0.2, 0.25) is 0 Å². The van der Waals surface area contributed by atoms with E-state index in [2.05, 4.69) is 72.8 Å². The molecule has 0 atom stereocenters. The van der Waals surface area contributed by atoms with Crippen LogP contribution in [0.3, 0.4) is 0 Å². The second-order valence-corrected chi connectivity index (χ2v) is 5.72. The van der Waals surface area contributed by atoms with Crippen molar-refractivity contribution in [1.82, 2.24) is 0 Å². The van der Waals surface area contributed by atoms with Crippen LogP contribution in [0.25, 0.3) is 22.3 Å². The zero-order chi connectivity index (χ0) is 17.3. The number of rotatable bonds is 2. The van der Waals surface area contributed by atoms with Crippen molar-refractivity contribution in [3.05, 3.63) is 115 Å². The number of benzene rings is 4. The fraction of sp³-hybridized carbons (Fsp3) is 0. The summed E-state index contributed by atoms with van der Waals surface area (Å²) in [7, 11) is 5.36. The Labute approximate surface area is 151 Å². The minimum absolute atomic E-state index is 0.822. The van der Waals surface area contributed by atoms with Crippen LogP contribution >= 0.6 is 0 Å². The van der Waals surface area contributed by atoms with Crippen molar-refractivity contribution in [2.75, 3.05) is 0 Å². The van der Waals surface area contributed by atoms with Gasteiger partial charge in [-0.15, -0.1) is 0 Å². The van der Waals surface area contributed by atoms with Gasteiger partial charge < -0.3 is 0 Å². The van der Waals surface area contributed by atoms with E-state index in [1.165, 1.54) is 22.3 Å². The lowest BCUT2D eigenvalue weighted by molar-refractivity contribution is 1.59. The Morgan fingerprint density at radius 3 is 1.08 bits per heavy atom. The monoisotopic (exact) mass is 318 g/mol. The van der Waals surface area contributed by atoms with Crippen LogP contribution in [0.2, 0.25) is 0 Å². The molecule has 0 unspecified atom stereocenters. The summed E-state index contributed by atoms with van der Waals surface area (Å²) in [5.41, 5.74) is 5.86. The van der Waals surface area contributed by atoms with E-state index in [-0.39, 0.29) is 0 Å². The van der Waals surface area contributed by atoms with Crippen LogP contribution in [-0.2, 0) is 0 Å². The molecule has 4 aromatic rings. The molecule has 0 bridgehead atoms. The van der Waals surface area contributed by atoms with E-state index in [4.69, 9.17) is 7.85 Å². The highest BCUT2D eigenvalue weighted by molar-refractivity contribution is 6.32. The Balaban J connectivity index is 0.000000219. The van der Waals surface area contributed by atoms with Gasteiger partial charge >= 0.3 is 0 Å². The molecule has 0 amide bonds. The molecule has 25 heavy (non-hydrogen) atoms. The molecule has 1 heteroatoms. The molecule has 0 fully saturated rings. The molecule has 0 heterocycles. The topological polar surface area (TPSA) is 0 Å². The Kier molecular flexibility index (Phi) is 5.84. The molecule has 0 aliphatic heterocycles. The van der Waals surface area contributed by atoms with Crippen LogP contribution in [0, 0.1) is 0 Å². The summed E-state index contributed by atoms with van der Waals surface area (Å²) in [4.78, 5) is 0. The van der Waals surface area contributed by atoms with Gasteiger partial charge in [0.1, 0.15) is 7.85 Å². The predicted octanol–water partition coefficient (Wildman–Crippen LogP) is 5.50. The molecule has 118 valence electrons. The van der Waals surface area contributed by atoms with Crippen molar-refractivity contribution in [2.45, 2.75) is 0 Å².